The zero-order valence-corrected chi connectivity index (χ0v) is 9.58. The predicted octanol–water partition coefficient (Wildman–Crippen LogP) is 2.24. The van der Waals surface area contributed by atoms with Crippen LogP contribution in [0.2, 0.25) is 0 Å². The van der Waals surface area contributed by atoms with Gasteiger partial charge in [0.15, 0.2) is 0 Å². The maximum Gasteiger partial charge on any atom is 0.417 e. The average Bonchev–Trinajstić information content (AvgIpc) is 2.34. The number of alkyl halides is 3. The Bertz CT molecular complexity index is 460. The molecule has 96 valence electrons. The molecule has 6 heteroatoms. The van der Waals surface area contributed by atoms with Crippen LogP contribution in [0.4, 0.5) is 13.2 Å². The lowest BCUT2D eigenvalue weighted by Gasteiger charge is -2.10. The third-order valence-corrected chi connectivity index (χ3v) is 2.24. The molecule has 1 atom stereocenters. The summed E-state index contributed by atoms with van der Waals surface area (Å²) < 4.78 is 36.8. The number of nitrogens with one attached hydrogen (secondary N) is 1. The highest BCUT2D eigenvalue weighted by Gasteiger charge is 2.30. The second kappa shape index (κ2) is 5.54. The van der Waals surface area contributed by atoms with E-state index >= 15 is 0 Å². The number of aromatic nitrogens is 1. The van der Waals surface area contributed by atoms with Crippen molar-refractivity contribution in [1.82, 2.24) is 10.3 Å². The number of hydrogen-bond donors (Lipinski definition) is 1. The molecule has 0 fully saturated rings. The van der Waals surface area contributed by atoms with E-state index in [-0.39, 0.29) is 5.69 Å². The molecule has 18 heavy (non-hydrogen) atoms. The van der Waals surface area contributed by atoms with Gasteiger partial charge >= 0.3 is 6.18 Å². The van der Waals surface area contributed by atoms with Crippen LogP contribution in [0.15, 0.2) is 18.3 Å². The van der Waals surface area contributed by atoms with E-state index in [1.165, 1.54) is 0 Å². The highest BCUT2D eigenvalue weighted by Crippen LogP contribution is 2.28. The summed E-state index contributed by atoms with van der Waals surface area (Å²) in [6.45, 7) is 1.78. The van der Waals surface area contributed by atoms with E-state index in [4.69, 9.17) is 6.42 Å². The van der Waals surface area contributed by atoms with Crippen LogP contribution in [0.5, 0.6) is 0 Å². The van der Waals surface area contributed by atoms with Crippen LogP contribution < -0.4 is 5.32 Å². The van der Waals surface area contributed by atoms with Crippen molar-refractivity contribution in [3.8, 4) is 12.3 Å². The summed E-state index contributed by atoms with van der Waals surface area (Å²) in [5.41, 5.74) is -1.00. The maximum atomic E-state index is 12.3. The topological polar surface area (TPSA) is 42.0 Å². The quantitative estimate of drug-likeness (QED) is 0.843. The summed E-state index contributed by atoms with van der Waals surface area (Å²) in [5, 5.41) is 2.47. The molecular formula is C12H11F3N2O. The van der Waals surface area contributed by atoms with Crippen molar-refractivity contribution >= 4 is 5.91 Å². The monoisotopic (exact) mass is 256 g/mol. The van der Waals surface area contributed by atoms with Crippen LogP contribution in [0.25, 0.3) is 0 Å². The Kier molecular flexibility index (Phi) is 4.32. The summed E-state index contributed by atoms with van der Waals surface area (Å²) in [5.74, 6) is 1.76. The fourth-order valence-electron chi connectivity index (χ4n) is 1.19. The van der Waals surface area contributed by atoms with E-state index in [1.54, 1.807) is 6.92 Å². The second-order valence-corrected chi connectivity index (χ2v) is 3.53. The van der Waals surface area contributed by atoms with Gasteiger partial charge in [0.25, 0.3) is 5.91 Å². The lowest BCUT2D eigenvalue weighted by molar-refractivity contribution is -0.137. The molecule has 1 rings (SSSR count). The highest BCUT2D eigenvalue weighted by atomic mass is 19.4. The normalized spacial score (nSPS) is 12.6. The lowest BCUT2D eigenvalue weighted by Crippen LogP contribution is -2.33. The van der Waals surface area contributed by atoms with Gasteiger partial charge in [-0.05, 0) is 18.6 Å². The molecule has 1 heterocycles. The van der Waals surface area contributed by atoms with Crippen LogP contribution in [0, 0.1) is 12.3 Å². The van der Waals surface area contributed by atoms with E-state index in [0.717, 1.165) is 12.1 Å². The van der Waals surface area contributed by atoms with Gasteiger partial charge in [0.05, 0.1) is 11.6 Å². The highest BCUT2D eigenvalue weighted by molar-refractivity contribution is 5.92. The molecule has 0 aliphatic rings. The van der Waals surface area contributed by atoms with Gasteiger partial charge in [-0.2, -0.15) is 13.2 Å². The standard InChI is InChI=1S/C12H11F3N2O/c1-3-9(4-2)17-11(18)10-6-5-8(7-16-10)12(13,14)15/h1,5-7,9H,4H2,2H3,(H,17,18). The van der Waals surface area contributed by atoms with Crippen LogP contribution in [0.1, 0.15) is 29.4 Å². The van der Waals surface area contributed by atoms with Gasteiger partial charge in [0.1, 0.15) is 5.69 Å². The van der Waals surface area contributed by atoms with Crippen LogP contribution in [-0.2, 0) is 6.18 Å². The summed E-state index contributed by atoms with van der Waals surface area (Å²) in [6.07, 6.45) is 1.84. The molecule has 0 saturated heterocycles. The van der Waals surface area contributed by atoms with E-state index in [1.807, 2.05) is 0 Å². The summed E-state index contributed by atoms with van der Waals surface area (Å²) in [7, 11) is 0. The number of carbonyl (C=O) groups is 1. The molecule has 0 aliphatic heterocycles. The van der Waals surface area contributed by atoms with E-state index in [0.29, 0.717) is 12.6 Å². The molecule has 1 aromatic heterocycles. The molecule has 1 amide bonds. The molecule has 0 bridgehead atoms. The van der Waals surface area contributed by atoms with Gasteiger partial charge in [-0.25, -0.2) is 0 Å². The fraction of sp³-hybridized carbons (Fsp3) is 0.333. The fourth-order valence-corrected chi connectivity index (χ4v) is 1.19. The first-order valence-electron chi connectivity index (χ1n) is 5.18. The SMILES string of the molecule is C#CC(CC)NC(=O)c1ccc(C(F)(F)F)cn1. The molecular weight excluding hydrogens is 245 g/mol. The molecule has 0 radical (unpaired) electrons. The largest absolute Gasteiger partial charge is 0.417 e. The summed E-state index contributed by atoms with van der Waals surface area (Å²) >= 11 is 0. The summed E-state index contributed by atoms with van der Waals surface area (Å²) in [6, 6.07) is 1.36. The Labute approximate surface area is 102 Å². The Hall–Kier alpha value is -2.03. The summed E-state index contributed by atoms with van der Waals surface area (Å²) in [4.78, 5) is 15.0. The Morgan fingerprint density at radius 2 is 2.22 bits per heavy atom. The second-order valence-electron chi connectivity index (χ2n) is 3.53. The van der Waals surface area contributed by atoms with Crippen LogP contribution in [-0.4, -0.2) is 16.9 Å². The third-order valence-electron chi connectivity index (χ3n) is 2.24. The van der Waals surface area contributed by atoms with E-state index in [2.05, 4.69) is 16.2 Å². The van der Waals surface area contributed by atoms with E-state index < -0.39 is 23.7 Å². The van der Waals surface area contributed by atoms with Gasteiger partial charge in [-0.3, -0.25) is 9.78 Å². The molecule has 1 unspecified atom stereocenters. The molecule has 1 N–H and O–H groups in total. The number of rotatable bonds is 3. The molecule has 0 spiro atoms. The first-order valence-corrected chi connectivity index (χ1v) is 5.18. The van der Waals surface area contributed by atoms with Crippen molar-refractivity contribution in [1.29, 1.82) is 0 Å². The smallest absolute Gasteiger partial charge is 0.337 e. The third kappa shape index (κ3) is 3.48. The van der Waals surface area contributed by atoms with Crippen molar-refractivity contribution in [2.24, 2.45) is 0 Å². The first-order chi connectivity index (χ1) is 8.38. The Balaban J connectivity index is 2.80. The average molecular weight is 256 g/mol. The van der Waals surface area contributed by atoms with Gasteiger partial charge in [-0.15, -0.1) is 6.42 Å². The zero-order valence-electron chi connectivity index (χ0n) is 9.58. The molecule has 0 aliphatic carbocycles. The molecule has 3 nitrogen and oxygen atoms in total. The number of terminal acetylenes is 1. The minimum absolute atomic E-state index is 0.100. The zero-order chi connectivity index (χ0) is 13.8. The van der Waals surface area contributed by atoms with Gasteiger partial charge in [0.2, 0.25) is 0 Å². The van der Waals surface area contributed by atoms with Crippen molar-refractivity contribution in [2.75, 3.05) is 0 Å². The Morgan fingerprint density at radius 1 is 1.56 bits per heavy atom. The molecule has 0 saturated carbocycles. The van der Waals surface area contributed by atoms with Gasteiger partial charge in [0, 0.05) is 6.20 Å². The number of halogens is 3. The van der Waals surface area contributed by atoms with Gasteiger partial charge in [-0.1, -0.05) is 12.8 Å². The maximum absolute atomic E-state index is 12.3. The van der Waals surface area contributed by atoms with Crippen molar-refractivity contribution in [3.63, 3.8) is 0 Å². The number of amides is 1. The molecule has 1 aromatic rings. The van der Waals surface area contributed by atoms with Crippen molar-refractivity contribution < 1.29 is 18.0 Å². The van der Waals surface area contributed by atoms with Crippen molar-refractivity contribution in [3.05, 3.63) is 29.6 Å². The van der Waals surface area contributed by atoms with E-state index in [9.17, 15) is 18.0 Å². The minimum atomic E-state index is -4.47. The number of pyridine rings is 1. The number of nitrogens with zero attached hydrogens (tertiary/aromatic N) is 1. The van der Waals surface area contributed by atoms with Crippen LogP contribution >= 0.6 is 0 Å². The first kappa shape index (κ1) is 14.0. The molecule has 0 aromatic carbocycles. The predicted molar refractivity (Wildman–Crippen MR) is 59.6 cm³/mol. The number of hydrogen-bond acceptors (Lipinski definition) is 2. The van der Waals surface area contributed by atoms with Crippen LogP contribution in [0.3, 0.4) is 0 Å². The Morgan fingerprint density at radius 3 is 2.61 bits per heavy atom. The van der Waals surface area contributed by atoms with Crippen molar-refractivity contribution in [2.45, 2.75) is 25.6 Å². The van der Waals surface area contributed by atoms with Gasteiger partial charge < -0.3 is 5.32 Å². The minimum Gasteiger partial charge on any atom is -0.337 e. The lowest BCUT2D eigenvalue weighted by atomic mass is 10.2. The number of carbonyl (C=O) groups excluding carboxylic acids is 1.